The topological polar surface area (TPSA) is 47.8 Å². The third kappa shape index (κ3) is 2.47. The van der Waals surface area contributed by atoms with Gasteiger partial charge in [0.25, 0.3) is 5.91 Å². The highest BCUT2D eigenvalue weighted by atomic mass is 19.1. The number of nitrogens with zero attached hydrogens (tertiary/aromatic N) is 3. The molecule has 0 fully saturated rings. The van der Waals surface area contributed by atoms with Gasteiger partial charge in [-0.2, -0.15) is 0 Å². The number of carbonyl (C=O) groups excluding carboxylic acids is 1. The summed E-state index contributed by atoms with van der Waals surface area (Å²) in [5, 5.41) is 0. The van der Waals surface area contributed by atoms with Crippen LogP contribution in [-0.4, -0.2) is 20.4 Å². The van der Waals surface area contributed by atoms with Gasteiger partial charge in [-0.3, -0.25) is 14.3 Å². The Kier molecular flexibility index (Phi) is 3.80. The van der Waals surface area contributed by atoms with Crippen LogP contribution in [0.3, 0.4) is 0 Å². The van der Waals surface area contributed by atoms with Crippen molar-refractivity contribution in [3.8, 4) is 11.4 Å². The summed E-state index contributed by atoms with van der Waals surface area (Å²) in [7, 11) is 0. The molecule has 0 saturated heterocycles. The van der Waals surface area contributed by atoms with Crippen molar-refractivity contribution in [2.45, 2.75) is 6.92 Å². The second kappa shape index (κ2) is 6.15. The van der Waals surface area contributed by atoms with Gasteiger partial charge in [-0.15, -0.1) is 0 Å². The number of pyridine rings is 1. The average molecular weight is 349 g/mol. The van der Waals surface area contributed by atoms with Crippen molar-refractivity contribution in [2.24, 2.45) is 0 Å². The summed E-state index contributed by atoms with van der Waals surface area (Å²) < 4.78 is 29.6. The molecule has 128 valence electrons. The summed E-state index contributed by atoms with van der Waals surface area (Å²) in [5.41, 5.74) is 1.90. The monoisotopic (exact) mass is 349 g/mol. The first-order chi connectivity index (χ1) is 12.6. The molecule has 26 heavy (non-hydrogen) atoms. The Labute approximate surface area is 147 Å². The molecule has 0 bridgehead atoms. The molecule has 0 radical (unpaired) electrons. The first-order valence-electron chi connectivity index (χ1n) is 7.95. The van der Waals surface area contributed by atoms with E-state index < -0.39 is 23.1 Å². The van der Waals surface area contributed by atoms with Crippen LogP contribution in [0.1, 0.15) is 15.9 Å². The molecular formula is C20H13F2N3O. The Morgan fingerprint density at radius 2 is 1.73 bits per heavy atom. The number of imidazole rings is 1. The normalized spacial score (nSPS) is 11.0. The van der Waals surface area contributed by atoms with Crippen molar-refractivity contribution in [1.29, 1.82) is 0 Å². The Balaban J connectivity index is 2.05. The number of benzene rings is 2. The molecule has 2 aromatic carbocycles. The lowest BCUT2D eigenvalue weighted by Gasteiger charge is -2.09. The van der Waals surface area contributed by atoms with E-state index in [2.05, 4.69) is 9.97 Å². The molecule has 6 heteroatoms. The van der Waals surface area contributed by atoms with E-state index in [1.54, 1.807) is 36.7 Å². The van der Waals surface area contributed by atoms with Crippen molar-refractivity contribution in [3.63, 3.8) is 0 Å². The van der Waals surface area contributed by atoms with Crippen molar-refractivity contribution < 1.29 is 13.6 Å². The van der Waals surface area contributed by atoms with E-state index in [0.717, 1.165) is 17.7 Å². The van der Waals surface area contributed by atoms with E-state index in [1.807, 2.05) is 13.0 Å². The fraction of sp³-hybridized carbons (Fsp3) is 0.0500. The lowest BCUT2D eigenvalue weighted by molar-refractivity contribution is 0.0958. The number of halogens is 2. The van der Waals surface area contributed by atoms with E-state index in [-0.39, 0.29) is 5.82 Å². The SMILES string of the molecule is Cc1cccc2c1nc(-c1cccnc1)n2C(=O)c1c(F)cccc1F. The highest BCUT2D eigenvalue weighted by Gasteiger charge is 2.25. The lowest BCUT2D eigenvalue weighted by atomic mass is 10.1. The number of rotatable bonds is 2. The van der Waals surface area contributed by atoms with E-state index >= 15 is 0 Å². The molecule has 2 aromatic heterocycles. The van der Waals surface area contributed by atoms with Crippen LogP contribution in [0.15, 0.2) is 60.9 Å². The molecule has 2 heterocycles. The van der Waals surface area contributed by atoms with Crippen LogP contribution in [0, 0.1) is 18.6 Å². The molecule has 0 amide bonds. The van der Waals surface area contributed by atoms with Gasteiger partial charge in [-0.25, -0.2) is 13.8 Å². The van der Waals surface area contributed by atoms with Crippen LogP contribution in [0.5, 0.6) is 0 Å². The predicted molar refractivity (Wildman–Crippen MR) is 93.8 cm³/mol. The van der Waals surface area contributed by atoms with Gasteiger partial charge in [0.05, 0.1) is 11.0 Å². The van der Waals surface area contributed by atoms with E-state index in [0.29, 0.717) is 16.6 Å². The summed E-state index contributed by atoms with van der Waals surface area (Å²) >= 11 is 0. The number of carbonyl (C=O) groups is 1. The number of hydrogen-bond acceptors (Lipinski definition) is 3. The second-order valence-electron chi connectivity index (χ2n) is 5.86. The van der Waals surface area contributed by atoms with Crippen LogP contribution in [0.2, 0.25) is 0 Å². The molecule has 0 aliphatic rings. The molecule has 0 aliphatic heterocycles. The summed E-state index contributed by atoms with van der Waals surface area (Å²) in [6.45, 7) is 1.86. The number of hydrogen-bond donors (Lipinski definition) is 0. The zero-order valence-electron chi connectivity index (χ0n) is 13.8. The van der Waals surface area contributed by atoms with Crippen LogP contribution in [-0.2, 0) is 0 Å². The van der Waals surface area contributed by atoms with Gasteiger partial charge in [-0.1, -0.05) is 18.2 Å². The molecule has 0 unspecified atom stereocenters. The molecule has 0 atom stereocenters. The van der Waals surface area contributed by atoms with E-state index in [1.165, 1.54) is 10.6 Å². The number of fused-ring (bicyclic) bond motifs is 1. The van der Waals surface area contributed by atoms with Crippen LogP contribution < -0.4 is 0 Å². The van der Waals surface area contributed by atoms with Crippen molar-refractivity contribution in [1.82, 2.24) is 14.5 Å². The van der Waals surface area contributed by atoms with E-state index in [9.17, 15) is 13.6 Å². The van der Waals surface area contributed by atoms with Crippen LogP contribution in [0.25, 0.3) is 22.4 Å². The summed E-state index contributed by atoms with van der Waals surface area (Å²) in [6, 6.07) is 12.1. The van der Waals surface area contributed by atoms with Gasteiger partial charge in [0, 0.05) is 18.0 Å². The molecule has 0 N–H and O–H groups in total. The smallest absolute Gasteiger partial charge is 0.268 e. The van der Waals surface area contributed by atoms with Gasteiger partial charge in [0.15, 0.2) is 0 Å². The summed E-state index contributed by atoms with van der Waals surface area (Å²) in [4.78, 5) is 21.7. The maximum atomic E-state index is 14.2. The number of para-hydroxylation sites is 1. The second-order valence-corrected chi connectivity index (χ2v) is 5.86. The third-order valence-electron chi connectivity index (χ3n) is 4.19. The molecule has 4 nitrogen and oxygen atoms in total. The zero-order chi connectivity index (χ0) is 18.3. The highest BCUT2D eigenvalue weighted by molar-refractivity contribution is 6.04. The lowest BCUT2D eigenvalue weighted by Crippen LogP contribution is -2.17. The number of aryl methyl sites for hydroxylation is 1. The van der Waals surface area contributed by atoms with Gasteiger partial charge in [-0.05, 0) is 42.8 Å². The largest absolute Gasteiger partial charge is 0.270 e. The van der Waals surface area contributed by atoms with Gasteiger partial charge >= 0.3 is 0 Å². The van der Waals surface area contributed by atoms with Gasteiger partial charge in [0.2, 0.25) is 0 Å². The average Bonchev–Trinajstić information content (AvgIpc) is 3.03. The number of aromatic nitrogens is 3. The Morgan fingerprint density at radius 1 is 1.00 bits per heavy atom. The third-order valence-corrected chi connectivity index (χ3v) is 4.19. The van der Waals surface area contributed by atoms with Crippen molar-refractivity contribution >= 4 is 16.9 Å². The predicted octanol–water partition coefficient (Wildman–Crippen LogP) is 4.37. The quantitative estimate of drug-likeness (QED) is 0.540. The molecule has 4 aromatic rings. The first-order valence-corrected chi connectivity index (χ1v) is 7.95. The minimum Gasteiger partial charge on any atom is -0.268 e. The minimum absolute atomic E-state index is 0.287. The molecule has 4 rings (SSSR count). The highest BCUT2D eigenvalue weighted by Crippen LogP contribution is 2.28. The molecular weight excluding hydrogens is 336 g/mol. The first kappa shape index (κ1) is 16.1. The van der Waals surface area contributed by atoms with Crippen molar-refractivity contribution in [3.05, 3.63) is 83.7 Å². The van der Waals surface area contributed by atoms with Gasteiger partial charge < -0.3 is 0 Å². The van der Waals surface area contributed by atoms with Gasteiger partial charge in [0.1, 0.15) is 23.0 Å². The summed E-state index contributed by atoms with van der Waals surface area (Å²) in [5.74, 6) is -2.36. The van der Waals surface area contributed by atoms with Crippen LogP contribution in [0.4, 0.5) is 8.78 Å². The molecule has 0 aliphatic carbocycles. The summed E-state index contributed by atoms with van der Waals surface area (Å²) in [6.07, 6.45) is 3.15. The minimum atomic E-state index is -0.915. The zero-order valence-corrected chi connectivity index (χ0v) is 13.8. The fourth-order valence-corrected chi connectivity index (χ4v) is 2.95. The van der Waals surface area contributed by atoms with Crippen LogP contribution >= 0.6 is 0 Å². The van der Waals surface area contributed by atoms with E-state index in [4.69, 9.17) is 0 Å². The Morgan fingerprint density at radius 3 is 2.42 bits per heavy atom. The Hall–Kier alpha value is -3.41. The molecule has 0 saturated carbocycles. The Bertz CT molecular complexity index is 1120. The maximum Gasteiger partial charge on any atom is 0.270 e. The standard InChI is InChI=1S/C20H13F2N3O/c1-12-5-2-9-16-18(12)24-19(13-6-4-10-23-11-13)25(16)20(26)17-14(21)7-3-8-15(17)22/h2-11H,1H3. The maximum absolute atomic E-state index is 14.2. The van der Waals surface area contributed by atoms with Crippen molar-refractivity contribution in [2.75, 3.05) is 0 Å². The molecule has 0 spiro atoms. The fourth-order valence-electron chi connectivity index (χ4n) is 2.95.